The summed E-state index contributed by atoms with van der Waals surface area (Å²) in [6.45, 7) is 0. The highest BCUT2D eigenvalue weighted by molar-refractivity contribution is 6.40. The summed E-state index contributed by atoms with van der Waals surface area (Å²) in [7, 11) is 0. The highest BCUT2D eigenvalue weighted by Gasteiger charge is 2.19. The third-order valence-corrected chi connectivity index (χ3v) is 6.28. The van der Waals surface area contributed by atoms with Crippen molar-refractivity contribution >= 4 is 63.8 Å². The largest absolute Gasteiger partial charge is 0.480 e. The molecule has 4 aromatic carbocycles. The first kappa shape index (κ1) is 27.5. The van der Waals surface area contributed by atoms with Crippen LogP contribution in [0.4, 0.5) is 22.7 Å². The van der Waals surface area contributed by atoms with Gasteiger partial charge in [-0.05, 0) is 54.1 Å². The lowest BCUT2D eigenvalue weighted by Gasteiger charge is -2.15. The van der Waals surface area contributed by atoms with Crippen molar-refractivity contribution in [3.8, 4) is 0 Å². The zero-order chi connectivity index (χ0) is 27.8. The maximum atomic E-state index is 12.6. The lowest BCUT2D eigenvalue weighted by molar-refractivity contribution is -0.138. The molecule has 0 unspecified atom stereocenters. The first-order chi connectivity index (χ1) is 18.8. The number of benzene rings is 4. The smallest absolute Gasteiger partial charge is 0.328 e. The Bertz CT molecular complexity index is 1470. The van der Waals surface area contributed by atoms with Crippen molar-refractivity contribution in [1.29, 1.82) is 0 Å². The van der Waals surface area contributed by atoms with Gasteiger partial charge in [-0.2, -0.15) is 0 Å². The summed E-state index contributed by atoms with van der Waals surface area (Å²) in [5.41, 5.74) is 9.75. The fraction of sp³-hybridized carbons (Fsp3) is 0.0690. The zero-order valence-electron chi connectivity index (χ0n) is 20.6. The van der Waals surface area contributed by atoms with Crippen LogP contribution in [0.5, 0.6) is 0 Å². The van der Waals surface area contributed by atoms with Gasteiger partial charge in [0.25, 0.3) is 5.91 Å². The second-order valence-electron chi connectivity index (χ2n) is 8.48. The van der Waals surface area contributed by atoms with E-state index in [1.807, 2.05) is 54.6 Å². The minimum Gasteiger partial charge on any atom is -0.480 e. The number of halogens is 2. The SMILES string of the molecule is NC(=N[C@@H](Cc1ccc(NC(=O)c2c(Cl)cccc2Cl)cc1)C(=O)O)Nc1ccccc1Nc1ccccc1. The number of carboxylic acids is 1. The maximum Gasteiger partial charge on any atom is 0.328 e. The van der Waals surface area contributed by atoms with Crippen LogP contribution < -0.4 is 21.7 Å². The van der Waals surface area contributed by atoms with Crippen LogP contribution in [-0.4, -0.2) is 29.0 Å². The Morgan fingerprint density at radius 3 is 2.03 bits per heavy atom. The van der Waals surface area contributed by atoms with Gasteiger partial charge in [0, 0.05) is 17.8 Å². The van der Waals surface area contributed by atoms with E-state index < -0.39 is 17.9 Å². The number of guanidine groups is 1. The number of aliphatic carboxylic acids is 1. The monoisotopic (exact) mass is 561 g/mol. The average molecular weight is 562 g/mol. The van der Waals surface area contributed by atoms with Gasteiger partial charge in [0.15, 0.2) is 12.0 Å². The van der Waals surface area contributed by atoms with E-state index in [9.17, 15) is 14.7 Å². The van der Waals surface area contributed by atoms with Crippen molar-refractivity contribution in [1.82, 2.24) is 0 Å². The van der Waals surface area contributed by atoms with E-state index in [1.54, 1.807) is 42.5 Å². The second kappa shape index (κ2) is 12.8. The lowest BCUT2D eigenvalue weighted by Crippen LogP contribution is -2.30. The van der Waals surface area contributed by atoms with Crippen LogP contribution in [0.2, 0.25) is 10.0 Å². The van der Waals surface area contributed by atoms with E-state index >= 15 is 0 Å². The molecule has 0 aliphatic rings. The molecule has 0 aromatic heterocycles. The van der Waals surface area contributed by atoms with E-state index in [2.05, 4.69) is 20.9 Å². The molecule has 0 heterocycles. The molecule has 6 N–H and O–H groups in total. The fourth-order valence-corrected chi connectivity index (χ4v) is 4.33. The van der Waals surface area contributed by atoms with E-state index in [4.69, 9.17) is 28.9 Å². The van der Waals surface area contributed by atoms with Crippen LogP contribution in [-0.2, 0) is 11.2 Å². The van der Waals surface area contributed by atoms with Gasteiger partial charge in [-0.15, -0.1) is 0 Å². The van der Waals surface area contributed by atoms with Crippen LogP contribution >= 0.6 is 23.2 Å². The molecule has 198 valence electrons. The quantitative estimate of drug-likeness (QED) is 0.118. The Hall–Kier alpha value is -4.53. The van der Waals surface area contributed by atoms with E-state index in [1.165, 1.54) is 0 Å². The Kier molecular flexibility index (Phi) is 9.04. The Morgan fingerprint density at radius 2 is 1.38 bits per heavy atom. The highest BCUT2D eigenvalue weighted by Crippen LogP contribution is 2.26. The summed E-state index contributed by atoms with van der Waals surface area (Å²) < 4.78 is 0. The highest BCUT2D eigenvalue weighted by atomic mass is 35.5. The number of nitrogens with zero attached hydrogens (tertiary/aromatic N) is 1. The van der Waals surface area contributed by atoms with E-state index in [0.29, 0.717) is 16.9 Å². The number of carbonyl (C=O) groups is 2. The number of aliphatic imine (C=N–C) groups is 1. The molecule has 0 aliphatic carbocycles. The topological polar surface area (TPSA) is 129 Å². The summed E-state index contributed by atoms with van der Waals surface area (Å²) in [6.07, 6.45) is 0.0895. The number of nitrogens with one attached hydrogen (secondary N) is 3. The van der Waals surface area contributed by atoms with Gasteiger partial charge >= 0.3 is 5.97 Å². The predicted molar refractivity (Wildman–Crippen MR) is 157 cm³/mol. The fourth-order valence-electron chi connectivity index (χ4n) is 3.76. The lowest BCUT2D eigenvalue weighted by atomic mass is 10.1. The zero-order valence-corrected chi connectivity index (χ0v) is 22.1. The Balaban J connectivity index is 1.43. The number of nitrogens with two attached hydrogens (primary N) is 1. The van der Waals surface area contributed by atoms with E-state index in [-0.39, 0.29) is 28.0 Å². The minimum atomic E-state index is -1.13. The van der Waals surface area contributed by atoms with Gasteiger partial charge in [-0.25, -0.2) is 9.79 Å². The first-order valence-corrected chi connectivity index (χ1v) is 12.6. The summed E-state index contributed by atoms with van der Waals surface area (Å²) in [4.78, 5) is 28.8. The minimum absolute atomic E-state index is 0.0368. The van der Waals surface area contributed by atoms with Gasteiger partial charge in [-0.3, -0.25) is 4.79 Å². The van der Waals surface area contributed by atoms with Gasteiger partial charge in [-0.1, -0.05) is 71.7 Å². The molecule has 10 heteroatoms. The number of rotatable bonds is 9. The van der Waals surface area contributed by atoms with Crippen molar-refractivity contribution in [2.45, 2.75) is 12.5 Å². The molecule has 4 rings (SSSR count). The third-order valence-electron chi connectivity index (χ3n) is 5.65. The number of hydrogen-bond donors (Lipinski definition) is 5. The van der Waals surface area contributed by atoms with Gasteiger partial charge in [0.1, 0.15) is 0 Å². The van der Waals surface area contributed by atoms with Crippen molar-refractivity contribution in [3.05, 3.63) is 118 Å². The van der Waals surface area contributed by atoms with E-state index in [0.717, 1.165) is 11.4 Å². The molecule has 0 bridgehead atoms. The number of anilines is 4. The average Bonchev–Trinajstić information content (AvgIpc) is 2.91. The molecular formula is C29H25Cl2N5O3. The molecule has 4 aromatic rings. The maximum absolute atomic E-state index is 12.6. The summed E-state index contributed by atoms with van der Waals surface area (Å²) in [5.74, 6) is -1.61. The third kappa shape index (κ3) is 7.50. The number of carbonyl (C=O) groups excluding carboxylic acids is 1. The molecule has 0 saturated carbocycles. The molecule has 0 radical (unpaired) electrons. The van der Waals surface area contributed by atoms with Gasteiger partial charge in [0.2, 0.25) is 0 Å². The second-order valence-corrected chi connectivity index (χ2v) is 9.30. The standard InChI is InChI=1S/C29H25Cl2N5O3/c30-21-9-6-10-22(31)26(21)27(37)34-20-15-13-18(14-16-20)17-25(28(38)39)36-29(32)35-24-12-5-4-11-23(24)33-19-7-2-1-3-8-19/h1-16,25,33H,17H2,(H,34,37)(H,38,39)(H3,32,35,36)/t25-/m0/s1. The molecule has 1 atom stereocenters. The van der Waals surface area contributed by atoms with Crippen LogP contribution in [0.25, 0.3) is 0 Å². The number of amides is 1. The Morgan fingerprint density at radius 1 is 0.769 bits per heavy atom. The predicted octanol–water partition coefficient (Wildman–Crippen LogP) is 6.41. The number of hydrogen-bond acceptors (Lipinski definition) is 4. The molecule has 0 fully saturated rings. The molecule has 39 heavy (non-hydrogen) atoms. The molecule has 0 saturated heterocycles. The van der Waals surface area contributed by atoms with Crippen molar-refractivity contribution in [2.24, 2.45) is 10.7 Å². The molecule has 1 amide bonds. The molecule has 0 spiro atoms. The van der Waals surface area contributed by atoms with Crippen molar-refractivity contribution in [3.63, 3.8) is 0 Å². The molecule has 0 aliphatic heterocycles. The van der Waals surface area contributed by atoms with Gasteiger partial charge in [0.05, 0.1) is 27.0 Å². The summed E-state index contributed by atoms with van der Waals surface area (Å²) in [6, 6.07) is 27.4. The Labute approximate surface area is 235 Å². The van der Waals surface area contributed by atoms with Crippen molar-refractivity contribution < 1.29 is 14.7 Å². The molecule has 8 nitrogen and oxygen atoms in total. The van der Waals surface area contributed by atoms with Gasteiger partial charge < -0.3 is 26.8 Å². The normalized spacial score (nSPS) is 11.9. The number of para-hydroxylation sites is 3. The summed E-state index contributed by atoms with van der Waals surface area (Å²) >= 11 is 12.2. The summed E-state index contributed by atoms with van der Waals surface area (Å²) in [5, 5.41) is 19.3. The van der Waals surface area contributed by atoms with Crippen LogP contribution in [0.3, 0.4) is 0 Å². The van der Waals surface area contributed by atoms with Crippen LogP contribution in [0.15, 0.2) is 102 Å². The van der Waals surface area contributed by atoms with Crippen LogP contribution in [0, 0.1) is 0 Å². The number of carboxylic acid groups (broad SMARTS) is 1. The molecular weight excluding hydrogens is 537 g/mol. The first-order valence-electron chi connectivity index (χ1n) is 11.9. The van der Waals surface area contributed by atoms with Crippen LogP contribution in [0.1, 0.15) is 15.9 Å². The van der Waals surface area contributed by atoms with Crippen molar-refractivity contribution in [2.75, 3.05) is 16.0 Å².